The van der Waals surface area contributed by atoms with Crippen molar-refractivity contribution >= 4 is 35.0 Å². The van der Waals surface area contributed by atoms with E-state index in [1.54, 1.807) is 24.2 Å². The Morgan fingerprint density at radius 2 is 2.14 bits per heavy atom. The van der Waals surface area contributed by atoms with Gasteiger partial charge in [0.2, 0.25) is 11.9 Å². The number of ether oxygens (including phenoxy) is 1. The third-order valence-electron chi connectivity index (χ3n) is 4.72. The molecule has 1 aliphatic rings. The number of hydrogen-bond donors (Lipinski definition) is 2. The quantitative estimate of drug-likeness (QED) is 0.763. The van der Waals surface area contributed by atoms with Crippen molar-refractivity contribution in [3.63, 3.8) is 0 Å². The highest BCUT2D eigenvalue weighted by Crippen LogP contribution is 2.33. The van der Waals surface area contributed by atoms with Gasteiger partial charge in [-0.25, -0.2) is 9.78 Å². The van der Waals surface area contributed by atoms with Crippen LogP contribution in [0.25, 0.3) is 0 Å². The predicted molar refractivity (Wildman–Crippen MR) is 110 cm³/mol. The van der Waals surface area contributed by atoms with Crippen molar-refractivity contribution in [2.45, 2.75) is 33.2 Å². The number of amides is 1. The van der Waals surface area contributed by atoms with Crippen LogP contribution in [0.15, 0.2) is 24.4 Å². The highest BCUT2D eigenvalue weighted by atomic mass is 16.5. The van der Waals surface area contributed by atoms with Crippen molar-refractivity contribution in [3.05, 3.63) is 30.0 Å². The number of carbonyl (C=O) groups excluding carboxylic acids is 1. The SMILES string of the molecule is CCOc1cc(C(=O)O)ccc1Nc1ncc2c(n1)N(C(C)C)CCC(=O)N2C. The van der Waals surface area contributed by atoms with E-state index in [-0.39, 0.29) is 17.5 Å². The largest absolute Gasteiger partial charge is 0.492 e. The van der Waals surface area contributed by atoms with E-state index in [1.807, 2.05) is 20.8 Å². The molecule has 9 nitrogen and oxygen atoms in total. The zero-order chi connectivity index (χ0) is 21.1. The maximum Gasteiger partial charge on any atom is 0.335 e. The van der Waals surface area contributed by atoms with Crippen molar-refractivity contribution in [2.75, 3.05) is 35.3 Å². The summed E-state index contributed by atoms with van der Waals surface area (Å²) in [5.74, 6) is 0.395. The van der Waals surface area contributed by atoms with Crippen LogP contribution in [-0.4, -0.2) is 53.2 Å². The molecule has 0 atom stereocenters. The lowest BCUT2D eigenvalue weighted by molar-refractivity contribution is -0.118. The summed E-state index contributed by atoms with van der Waals surface area (Å²) in [7, 11) is 1.72. The number of rotatable bonds is 6. The lowest BCUT2D eigenvalue weighted by atomic mass is 10.2. The molecule has 1 aliphatic heterocycles. The van der Waals surface area contributed by atoms with E-state index in [9.17, 15) is 14.7 Å². The van der Waals surface area contributed by atoms with Gasteiger partial charge >= 0.3 is 5.97 Å². The third kappa shape index (κ3) is 4.23. The molecule has 1 aromatic carbocycles. The number of fused-ring (bicyclic) bond motifs is 1. The van der Waals surface area contributed by atoms with Crippen molar-refractivity contribution in [2.24, 2.45) is 0 Å². The third-order valence-corrected chi connectivity index (χ3v) is 4.72. The van der Waals surface area contributed by atoms with Crippen LogP contribution in [0.3, 0.4) is 0 Å². The standard InChI is InChI=1S/C20H25N5O4/c1-5-29-16-10-13(19(27)28)6-7-14(16)22-20-21-11-15-18(23-20)25(12(2)3)9-8-17(26)24(15)4/h6-7,10-12H,5,8-9H2,1-4H3,(H,27,28)(H,21,22,23). The molecule has 29 heavy (non-hydrogen) atoms. The maximum absolute atomic E-state index is 12.3. The van der Waals surface area contributed by atoms with Gasteiger partial charge in [-0.3, -0.25) is 4.79 Å². The molecule has 2 heterocycles. The summed E-state index contributed by atoms with van der Waals surface area (Å²) in [4.78, 5) is 36.2. The molecule has 2 N–H and O–H groups in total. The van der Waals surface area contributed by atoms with Crippen LogP contribution in [0, 0.1) is 0 Å². The van der Waals surface area contributed by atoms with E-state index in [0.717, 1.165) is 0 Å². The Hall–Kier alpha value is -3.36. The number of carbonyl (C=O) groups is 2. The summed E-state index contributed by atoms with van der Waals surface area (Å²) in [6.45, 7) is 6.88. The minimum Gasteiger partial charge on any atom is -0.492 e. The minimum absolute atomic E-state index is 0.0154. The number of aromatic nitrogens is 2. The summed E-state index contributed by atoms with van der Waals surface area (Å²) < 4.78 is 5.58. The number of nitrogens with one attached hydrogen (secondary N) is 1. The fourth-order valence-corrected chi connectivity index (χ4v) is 3.16. The first-order chi connectivity index (χ1) is 13.8. The van der Waals surface area contributed by atoms with Crippen LogP contribution >= 0.6 is 0 Å². The van der Waals surface area contributed by atoms with Crippen molar-refractivity contribution in [1.82, 2.24) is 9.97 Å². The Kier molecular flexibility index (Phi) is 5.86. The zero-order valence-electron chi connectivity index (χ0n) is 17.0. The van der Waals surface area contributed by atoms with Gasteiger partial charge in [-0.2, -0.15) is 4.98 Å². The zero-order valence-corrected chi connectivity index (χ0v) is 17.0. The Labute approximate surface area is 169 Å². The molecule has 0 radical (unpaired) electrons. The second-order valence-electron chi connectivity index (χ2n) is 6.97. The van der Waals surface area contributed by atoms with Crippen LogP contribution in [0.5, 0.6) is 5.75 Å². The smallest absolute Gasteiger partial charge is 0.335 e. The normalized spacial score (nSPS) is 13.9. The molecule has 9 heteroatoms. The number of anilines is 4. The van der Waals surface area contributed by atoms with Crippen LogP contribution in [0.2, 0.25) is 0 Å². The average Bonchev–Trinajstić information content (AvgIpc) is 2.80. The number of carboxylic acids is 1. The first-order valence-corrected chi connectivity index (χ1v) is 9.49. The molecular weight excluding hydrogens is 374 g/mol. The second-order valence-corrected chi connectivity index (χ2v) is 6.97. The lowest BCUT2D eigenvalue weighted by Crippen LogP contribution is -2.32. The highest BCUT2D eigenvalue weighted by molar-refractivity contribution is 5.97. The first-order valence-electron chi connectivity index (χ1n) is 9.49. The summed E-state index contributed by atoms with van der Waals surface area (Å²) in [5.41, 5.74) is 1.34. The molecule has 0 saturated heterocycles. The molecule has 0 saturated carbocycles. The molecule has 0 bridgehead atoms. The average molecular weight is 399 g/mol. The molecule has 2 aromatic rings. The summed E-state index contributed by atoms with van der Waals surface area (Å²) >= 11 is 0. The van der Waals surface area contributed by atoms with Gasteiger partial charge in [0.1, 0.15) is 11.4 Å². The summed E-state index contributed by atoms with van der Waals surface area (Å²) in [5, 5.41) is 12.3. The fraction of sp³-hybridized carbons (Fsp3) is 0.400. The number of aromatic carboxylic acids is 1. The maximum atomic E-state index is 12.3. The molecular formula is C20H25N5O4. The van der Waals surface area contributed by atoms with Crippen LogP contribution < -0.4 is 19.9 Å². The van der Waals surface area contributed by atoms with Gasteiger partial charge in [0.05, 0.1) is 24.1 Å². The summed E-state index contributed by atoms with van der Waals surface area (Å²) in [6.07, 6.45) is 2.02. The Morgan fingerprint density at radius 1 is 1.38 bits per heavy atom. The molecule has 1 amide bonds. The minimum atomic E-state index is -1.03. The van der Waals surface area contributed by atoms with Gasteiger partial charge in [-0.15, -0.1) is 0 Å². The highest BCUT2D eigenvalue weighted by Gasteiger charge is 2.27. The number of hydrogen-bond acceptors (Lipinski definition) is 7. The number of carboxylic acid groups (broad SMARTS) is 1. The molecule has 3 rings (SSSR count). The molecule has 0 unspecified atom stereocenters. The molecule has 1 aromatic heterocycles. The Bertz CT molecular complexity index is 931. The van der Waals surface area contributed by atoms with Gasteiger partial charge in [0, 0.05) is 26.1 Å². The predicted octanol–water partition coefficient (Wildman–Crippen LogP) is 2.90. The number of benzene rings is 1. The summed E-state index contributed by atoms with van der Waals surface area (Å²) in [6, 6.07) is 4.73. The van der Waals surface area contributed by atoms with E-state index in [2.05, 4.69) is 20.2 Å². The Balaban J connectivity index is 1.99. The topological polar surface area (TPSA) is 108 Å². The first kappa shape index (κ1) is 20.4. The van der Waals surface area contributed by atoms with E-state index in [4.69, 9.17) is 4.74 Å². The van der Waals surface area contributed by atoms with Gasteiger partial charge < -0.3 is 25.0 Å². The van der Waals surface area contributed by atoms with Crippen LogP contribution in [-0.2, 0) is 4.79 Å². The lowest BCUT2D eigenvalue weighted by Gasteiger charge is -2.28. The molecule has 0 fully saturated rings. The van der Waals surface area contributed by atoms with E-state index in [1.165, 1.54) is 12.1 Å². The van der Waals surface area contributed by atoms with E-state index < -0.39 is 5.97 Å². The van der Waals surface area contributed by atoms with Crippen molar-refractivity contribution in [3.8, 4) is 5.75 Å². The van der Waals surface area contributed by atoms with Crippen LogP contribution in [0.4, 0.5) is 23.1 Å². The van der Waals surface area contributed by atoms with E-state index in [0.29, 0.717) is 48.5 Å². The Morgan fingerprint density at radius 3 is 2.79 bits per heavy atom. The monoisotopic (exact) mass is 399 g/mol. The van der Waals surface area contributed by atoms with Crippen molar-refractivity contribution < 1.29 is 19.4 Å². The molecule has 0 aliphatic carbocycles. The van der Waals surface area contributed by atoms with Gasteiger partial charge in [-0.05, 0) is 39.0 Å². The van der Waals surface area contributed by atoms with E-state index >= 15 is 0 Å². The molecule has 154 valence electrons. The van der Waals surface area contributed by atoms with Gasteiger partial charge in [0.15, 0.2) is 5.82 Å². The molecule has 0 spiro atoms. The van der Waals surface area contributed by atoms with Gasteiger partial charge in [-0.1, -0.05) is 0 Å². The second kappa shape index (κ2) is 8.34. The van der Waals surface area contributed by atoms with Crippen LogP contribution in [0.1, 0.15) is 37.6 Å². The number of nitrogens with zero attached hydrogens (tertiary/aromatic N) is 4. The van der Waals surface area contributed by atoms with Crippen molar-refractivity contribution in [1.29, 1.82) is 0 Å². The van der Waals surface area contributed by atoms with Gasteiger partial charge in [0.25, 0.3) is 0 Å². The fourth-order valence-electron chi connectivity index (χ4n) is 3.16.